The molecule has 0 radical (unpaired) electrons. The van der Waals surface area contributed by atoms with Crippen molar-refractivity contribution in [3.05, 3.63) is 66.0 Å². The summed E-state index contributed by atoms with van der Waals surface area (Å²) < 4.78 is 0. The SMILES string of the molecule is CCC(Cc1ccccc1)CC1(c2ccccn2)CC1. The van der Waals surface area contributed by atoms with E-state index in [4.69, 9.17) is 0 Å². The second-order valence-corrected chi connectivity index (χ2v) is 6.16. The first-order valence-electron chi connectivity index (χ1n) is 7.78. The maximum absolute atomic E-state index is 4.61. The number of benzene rings is 1. The van der Waals surface area contributed by atoms with Crippen molar-refractivity contribution in [2.75, 3.05) is 0 Å². The summed E-state index contributed by atoms with van der Waals surface area (Å²) in [6.07, 6.45) is 8.31. The van der Waals surface area contributed by atoms with E-state index in [1.54, 1.807) is 0 Å². The van der Waals surface area contributed by atoms with Gasteiger partial charge < -0.3 is 0 Å². The monoisotopic (exact) mass is 265 g/mol. The van der Waals surface area contributed by atoms with Crippen LogP contribution in [0.25, 0.3) is 0 Å². The normalized spacial score (nSPS) is 17.6. The van der Waals surface area contributed by atoms with Gasteiger partial charge in [-0.3, -0.25) is 4.98 Å². The Morgan fingerprint density at radius 1 is 1.05 bits per heavy atom. The van der Waals surface area contributed by atoms with Gasteiger partial charge in [0.2, 0.25) is 0 Å². The highest BCUT2D eigenvalue weighted by molar-refractivity contribution is 5.25. The predicted octanol–water partition coefficient (Wildman–Crippen LogP) is 4.77. The highest BCUT2D eigenvalue weighted by Gasteiger charge is 2.46. The van der Waals surface area contributed by atoms with Gasteiger partial charge in [0, 0.05) is 17.3 Å². The van der Waals surface area contributed by atoms with Crippen LogP contribution in [0.15, 0.2) is 54.7 Å². The predicted molar refractivity (Wildman–Crippen MR) is 83.7 cm³/mol. The van der Waals surface area contributed by atoms with Gasteiger partial charge in [-0.25, -0.2) is 0 Å². The molecule has 1 aromatic heterocycles. The zero-order valence-corrected chi connectivity index (χ0v) is 12.3. The molecule has 1 aliphatic carbocycles. The molecule has 1 fully saturated rings. The molecule has 1 heteroatoms. The van der Waals surface area contributed by atoms with Crippen LogP contribution in [0.5, 0.6) is 0 Å². The van der Waals surface area contributed by atoms with Crippen LogP contribution in [0.1, 0.15) is 43.9 Å². The van der Waals surface area contributed by atoms with Gasteiger partial charge in [0.05, 0.1) is 0 Å². The van der Waals surface area contributed by atoms with E-state index in [0.29, 0.717) is 5.41 Å². The van der Waals surface area contributed by atoms with Crippen molar-refractivity contribution >= 4 is 0 Å². The van der Waals surface area contributed by atoms with Crippen molar-refractivity contribution in [2.45, 2.75) is 44.4 Å². The first kappa shape index (κ1) is 13.4. The van der Waals surface area contributed by atoms with Crippen LogP contribution in [-0.2, 0) is 11.8 Å². The first-order valence-corrected chi connectivity index (χ1v) is 7.78. The maximum Gasteiger partial charge on any atom is 0.0465 e. The summed E-state index contributed by atoms with van der Waals surface area (Å²) in [5.41, 5.74) is 3.17. The van der Waals surface area contributed by atoms with Crippen molar-refractivity contribution in [3.63, 3.8) is 0 Å². The van der Waals surface area contributed by atoms with Gasteiger partial charge in [0.25, 0.3) is 0 Å². The minimum atomic E-state index is 0.386. The van der Waals surface area contributed by atoms with Gasteiger partial charge in [-0.05, 0) is 49.3 Å². The fourth-order valence-electron chi connectivity index (χ4n) is 3.25. The highest BCUT2D eigenvalue weighted by atomic mass is 14.7. The molecule has 1 atom stereocenters. The smallest absolute Gasteiger partial charge is 0.0465 e. The first-order chi connectivity index (χ1) is 9.82. The van der Waals surface area contributed by atoms with Crippen molar-refractivity contribution in [1.82, 2.24) is 4.98 Å². The lowest BCUT2D eigenvalue weighted by molar-refractivity contribution is 0.403. The second kappa shape index (κ2) is 5.78. The lowest BCUT2D eigenvalue weighted by Crippen LogP contribution is -2.16. The Bertz CT molecular complexity index is 528. The summed E-state index contributed by atoms with van der Waals surface area (Å²) in [4.78, 5) is 4.61. The molecule has 1 nitrogen and oxygen atoms in total. The quantitative estimate of drug-likeness (QED) is 0.733. The molecule has 0 N–H and O–H groups in total. The van der Waals surface area contributed by atoms with Crippen LogP contribution in [0.2, 0.25) is 0 Å². The van der Waals surface area contributed by atoms with Crippen molar-refractivity contribution in [1.29, 1.82) is 0 Å². The van der Waals surface area contributed by atoms with Crippen LogP contribution in [0, 0.1) is 5.92 Å². The van der Waals surface area contributed by atoms with Crippen LogP contribution in [0.4, 0.5) is 0 Å². The van der Waals surface area contributed by atoms with E-state index in [1.165, 1.54) is 43.4 Å². The van der Waals surface area contributed by atoms with Crippen LogP contribution < -0.4 is 0 Å². The largest absolute Gasteiger partial charge is 0.261 e. The molecular formula is C19H23N. The number of aromatic nitrogens is 1. The number of nitrogens with zero attached hydrogens (tertiary/aromatic N) is 1. The fraction of sp³-hybridized carbons (Fsp3) is 0.421. The maximum atomic E-state index is 4.61. The Kier molecular flexibility index (Phi) is 3.86. The topological polar surface area (TPSA) is 12.9 Å². The lowest BCUT2D eigenvalue weighted by atomic mass is 9.84. The van der Waals surface area contributed by atoms with Gasteiger partial charge in [0.1, 0.15) is 0 Å². The summed E-state index contributed by atoms with van der Waals surface area (Å²) in [5, 5.41) is 0. The average Bonchev–Trinajstić information content (AvgIpc) is 3.29. The average molecular weight is 265 g/mol. The zero-order valence-electron chi connectivity index (χ0n) is 12.3. The van der Waals surface area contributed by atoms with Crippen LogP contribution in [0.3, 0.4) is 0 Å². The molecule has 2 aromatic rings. The zero-order chi connectivity index (χ0) is 13.8. The van der Waals surface area contributed by atoms with Crippen LogP contribution in [-0.4, -0.2) is 4.98 Å². The summed E-state index contributed by atoms with van der Waals surface area (Å²) in [6, 6.07) is 17.2. The molecule has 1 saturated carbocycles. The molecule has 104 valence electrons. The molecule has 1 heterocycles. The van der Waals surface area contributed by atoms with E-state index in [0.717, 1.165) is 5.92 Å². The molecular weight excluding hydrogens is 242 g/mol. The van der Waals surface area contributed by atoms with Crippen LogP contribution >= 0.6 is 0 Å². The molecule has 1 unspecified atom stereocenters. The summed E-state index contributed by atoms with van der Waals surface area (Å²) in [7, 11) is 0. The van der Waals surface area contributed by atoms with Crippen molar-refractivity contribution in [3.8, 4) is 0 Å². The van der Waals surface area contributed by atoms with Gasteiger partial charge in [-0.15, -0.1) is 0 Å². The standard InChI is InChI=1S/C19H23N/c1-2-16(14-17-8-4-3-5-9-17)15-19(11-12-19)18-10-6-7-13-20-18/h3-10,13,16H,2,11-12,14-15H2,1H3. The molecule has 0 spiro atoms. The highest BCUT2D eigenvalue weighted by Crippen LogP contribution is 2.52. The van der Waals surface area contributed by atoms with E-state index in [2.05, 4.69) is 54.4 Å². The van der Waals surface area contributed by atoms with Crippen molar-refractivity contribution in [2.24, 2.45) is 5.92 Å². The van der Waals surface area contributed by atoms with E-state index >= 15 is 0 Å². The molecule has 1 aliphatic rings. The molecule has 1 aromatic carbocycles. The van der Waals surface area contributed by atoms with E-state index in [1.807, 2.05) is 12.3 Å². The lowest BCUT2D eigenvalue weighted by Gasteiger charge is -2.22. The van der Waals surface area contributed by atoms with Crippen molar-refractivity contribution < 1.29 is 0 Å². The number of hydrogen-bond donors (Lipinski definition) is 0. The Labute approximate surface area is 122 Å². The molecule has 20 heavy (non-hydrogen) atoms. The van der Waals surface area contributed by atoms with Gasteiger partial charge in [-0.2, -0.15) is 0 Å². The number of rotatable bonds is 6. The van der Waals surface area contributed by atoms with Gasteiger partial charge in [-0.1, -0.05) is 49.7 Å². The minimum absolute atomic E-state index is 0.386. The molecule has 0 aliphatic heterocycles. The summed E-state index contributed by atoms with van der Waals surface area (Å²) in [6.45, 7) is 2.32. The van der Waals surface area contributed by atoms with E-state index in [9.17, 15) is 0 Å². The van der Waals surface area contributed by atoms with Gasteiger partial charge >= 0.3 is 0 Å². The third-order valence-corrected chi connectivity index (χ3v) is 4.69. The Morgan fingerprint density at radius 2 is 1.80 bits per heavy atom. The number of hydrogen-bond acceptors (Lipinski definition) is 1. The summed E-state index contributed by atoms with van der Waals surface area (Å²) >= 11 is 0. The molecule has 0 amide bonds. The van der Waals surface area contributed by atoms with E-state index < -0.39 is 0 Å². The van der Waals surface area contributed by atoms with E-state index in [-0.39, 0.29) is 0 Å². The second-order valence-electron chi connectivity index (χ2n) is 6.16. The molecule has 0 saturated heterocycles. The Balaban J connectivity index is 1.69. The Hall–Kier alpha value is -1.63. The number of pyridine rings is 1. The van der Waals surface area contributed by atoms with Gasteiger partial charge in [0.15, 0.2) is 0 Å². The third kappa shape index (κ3) is 2.92. The minimum Gasteiger partial charge on any atom is -0.261 e. The molecule has 0 bridgehead atoms. The fourth-order valence-corrected chi connectivity index (χ4v) is 3.25. The third-order valence-electron chi connectivity index (χ3n) is 4.69. The molecule has 3 rings (SSSR count). The summed E-state index contributed by atoms with van der Waals surface area (Å²) in [5.74, 6) is 0.766. The Morgan fingerprint density at radius 3 is 2.40 bits per heavy atom.